The Morgan fingerprint density at radius 2 is 1.52 bits per heavy atom. The van der Waals surface area contributed by atoms with E-state index in [1.54, 1.807) is 24.3 Å². The maximum absolute atomic E-state index is 11.7. The highest BCUT2D eigenvalue weighted by Crippen LogP contribution is 2.14. The fraction of sp³-hybridized carbons (Fsp3) is 0.400. The van der Waals surface area contributed by atoms with Gasteiger partial charge in [0.1, 0.15) is 0 Å². The summed E-state index contributed by atoms with van der Waals surface area (Å²) in [7, 11) is 0. The Morgan fingerprint density at radius 3 is 2.13 bits per heavy atom. The third-order valence-electron chi connectivity index (χ3n) is 2.98. The minimum absolute atomic E-state index is 0.0196. The zero-order chi connectivity index (χ0) is 17.1. The van der Waals surface area contributed by atoms with Gasteiger partial charge in [-0.25, -0.2) is 5.48 Å². The first kappa shape index (κ1) is 18.9. The van der Waals surface area contributed by atoms with Gasteiger partial charge in [0.05, 0.1) is 0 Å². The Balaban J connectivity index is 2.09. The first-order valence-electron chi connectivity index (χ1n) is 7.26. The SMILES string of the molecule is O=C(CCNC(=O)CCCCC(=O)Nc1ccc(Cl)cc1)NO. The van der Waals surface area contributed by atoms with Crippen LogP contribution in [0.1, 0.15) is 32.1 Å². The molecule has 0 bridgehead atoms. The highest BCUT2D eigenvalue weighted by atomic mass is 35.5. The molecule has 0 aromatic heterocycles. The van der Waals surface area contributed by atoms with Crippen LogP contribution in [-0.2, 0) is 14.4 Å². The van der Waals surface area contributed by atoms with E-state index in [1.165, 1.54) is 5.48 Å². The third-order valence-corrected chi connectivity index (χ3v) is 3.24. The van der Waals surface area contributed by atoms with Crippen LogP contribution in [-0.4, -0.2) is 29.5 Å². The quantitative estimate of drug-likeness (QED) is 0.312. The van der Waals surface area contributed by atoms with E-state index in [-0.39, 0.29) is 31.2 Å². The third kappa shape index (κ3) is 8.80. The number of anilines is 1. The van der Waals surface area contributed by atoms with Gasteiger partial charge in [0, 0.05) is 36.5 Å². The average Bonchev–Trinajstić information content (AvgIpc) is 2.53. The predicted molar refractivity (Wildman–Crippen MR) is 86.1 cm³/mol. The largest absolute Gasteiger partial charge is 0.356 e. The van der Waals surface area contributed by atoms with Gasteiger partial charge in [-0.1, -0.05) is 11.6 Å². The second kappa shape index (κ2) is 10.6. The van der Waals surface area contributed by atoms with Gasteiger partial charge in [0.25, 0.3) is 0 Å². The van der Waals surface area contributed by atoms with Crippen molar-refractivity contribution in [1.29, 1.82) is 0 Å². The van der Waals surface area contributed by atoms with E-state index in [2.05, 4.69) is 10.6 Å². The minimum Gasteiger partial charge on any atom is -0.356 e. The molecule has 0 fully saturated rings. The van der Waals surface area contributed by atoms with Crippen LogP contribution in [0.5, 0.6) is 0 Å². The molecule has 0 aliphatic rings. The van der Waals surface area contributed by atoms with E-state index in [4.69, 9.17) is 16.8 Å². The van der Waals surface area contributed by atoms with E-state index < -0.39 is 5.91 Å². The molecule has 1 aromatic carbocycles. The number of hydrogen-bond donors (Lipinski definition) is 4. The molecule has 126 valence electrons. The zero-order valence-corrected chi connectivity index (χ0v) is 13.4. The maximum Gasteiger partial charge on any atom is 0.245 e. The topological polar surface area (TPSA) is 108 Å². The number of halogens is 1. The Morgan fingerprint density at radius 1 is 0.913 bits per heavy atom. The lowest BCUT2D eigenvalue weighted by Crippen LogP contribution is -2.29. The molecule has 0 aliphatic heterocycles. The molecule has 0 aliphatic carbocycles. The standard InChI is InChI=1S/C15H20ClN3O4/c16-11-5-7-12(8-6-11)18-14(21)4-2-1-3-13(20)17-10-9-15(22)19-23/h5-8,23H,1-4,9-10H2,(H,17,20)(H,18,21)(H,19,22). The second-order valence-electron chi connectivity index (χ2n) is 4.90. The van der Waals surface area contributed by atoms with Gasteiger partial charge < -0.3 is 10.6 Å². The first-order valence-corrected chi connectivity index (χ1v) is 7.64. The number of hydrogen-bond acceptors (Lipinski definition) is 4. The van der Waals surface area contributed by atoms with Crippen LogP contribution in [0.4, 0.5) is 5.69 Å². The Kier molecular flexibility index (Phi) is 8.71. The van der Waals surface area contributed by atoms with Crippen molar-refractivity contribution in [3.05, 3.63) is 29.3 Å². The van der Waals surface area contributed by atoms with Crippen molar-refractivity contribution in [3.63, 3.8) is 0 Å². The fourth-order valence-corrected chi connectivity index (χ4v) is 1.91. The molecule has 0 saturated carbocycles. The highest BCUT2D eigenvalue weighted by molar-refractivity contribution is 6.30. The van der Waals surface area contributed by atoms with Gasteiger partial charge in [-0.15, -0.1) is 0 Å². The molecular weight excluding hydrogens is 322 g/mol. The Hall–Kier alpha value is -2.12. The van der Waals surface area contributed by atoms with E-state index in [9.17, 15) is 14.4 Å². The average molecular weight is 342 g/mol. The zero-order valence-electron chi connectivity index (χ0n) is 12.6. The number of amides is 3. The minimum atomic E-state index is -0.552. The van der Waals surface area contributed by atoms with Crippen molar-refractivity contribution in [2.45, 2.75) is 32.1 Å². The molecule has 0 radical (unpaired) electrons. The molecule has 7 nitrogen and oxygen atoms in total. The second-order valence-corrected chi connectivity index (χ2v) is 5.33. The van der Waals surface area contributed by atoms with Crippen molar-refractivity contribution in [3.8, 4) is 0 Å². The molecule has 0 atom stereocenters. The van der Waals surface area contributed by atoms with E-state index >= 15 is 0 Å². The van der Waals surface area contributed by atoms with Gasteiger partial charge in [-0.05, 0) is 37.1 Å². The normalized spacial score (nSPS) is 10.0. The van der Waals surface area contributed by atoms with Crippen molar-refractivity contribution >= 4 is 35.0 Å². The summed E-state index contributed by atoms with van der Waals surface area (Å²) in [6.45, 7) is 0.169. The summed E-state index contributed by atoms with van der Waals surface area (Å²) in [4.78, 5) is 33.9. The van der Waals surface area contributed by atoms with Gasteiger partial charge in [0.2, 0.25) is 17.7 Å². The molecule has 1 aromatic rings. The van der Waals surface area contributed by atoms with Crippen LogP contribution in [0.25, 0.3) is 0 Å². The van der Waals surface area contributed by atoms with Crippen molar-refractivity contribution in [2.24, 2.45) is 0 Å². The molecule has 0 heterocycles. The monoisotopic (exact) mass is 341 g/mol. The number of hydroxylamine groups is 1. The Bertz CT molecular complexity index is 534. The number of benzene rings is 1. The number of unbranched alkanes of at least 4 members (excludes halogenated alkanes) is 1. The molecule has 0 unspecified atom stereocenters. The maximum atomic E-state index is 11.7. The molecule has 0 saturated heterocycles. The lowest BCUT2D eigenvalue weighted by molar-refractivity contribution is -0.129. The molecule has 3 amide bonds. The van der Waals surface area contributed by atoms with E-state index in [1.807, 2.05) is 0 Å². The molecule has 4 N–H and O–H groups in total. The van der Waals surface area contributed by atoms with Crippen LogP contribution in [0.15, 0.2) is 24.3 Å². The lowest BCUT2D eigenvalue weighted by Gasteiger charge is -2.06. The van der Waals surface area contributed by atoms with Crippen LogP contribution < -0.4 is 16.1 Å². The van der Waals surface area contributed by atoms with Crippen molar-refractivity contribution in [1.82, 2.24) is 10.8 Å². The molecule has 23 heavy (non-hydrogen) atoms. The van der Waals surface area contributed by atoms with Gasteiger partial charge in [-0.2, -0.15) is 0 Å². The summed E-state index contributed by atoms with van der Waals surface area (Å²) in [6, 6.07) is 6.82. The van der Waals surface area contributed by atoms with Crippen molar-refractivity contribution in [2.75, 3.05) is 11.9 Å². The van der Waals surface area contributed by atoms with Crippen molar-refractivity contribution < 1.29 is 19.6 Å². The summed E-state index contributed by atoms with van der Waals surface area (Å²) in [5, 5.41) is 14.2. The summed E-state index contributed by atoms with van der Waals surface area (Å²) in [5.41, 5.74) is 2.16. The van der Waals surface area contributed by atoms with Crippen LogP contribution in [0, 0.1) is 0 Å². The lowest BCUT2D eigenvalue weighted by atomic mass is 10.1. The van der Waals surface area contributed by atoms with Crippen LogP contribution >= 0.6 is 11.6 Å². The summed E-state index contributed by atoms with van der Waals surface area (Å²) in [5.74, 6) is -0.856. The number of rotatable bonds is 9. The smallest absolute Gasteiger partial charge is 0.245 e. The molecular formula is C15H20ClN3O4. The predicted octanol–water partition coefficient (Wildman–Crippen LogP) is 1.85. The van der Waals surface area contributed by atoms with Crippen LogP contribution in [0.2, 0.25) is 5.02 Å². The molecule has 8 heteroatoms. The first-order chi connectivity index (χ1) is 11.0. The molecule has 0 spiro atoms. The highest BCUT2D eigenvalue weighted by Gasteiger charge is 2.05. The molecule has 1 rings (SSSR count). The summed E-state index contributed by atoms with van der Waals surface area (Å²) >= 11 is 5.76. The van der Waals surface area contributed by atoms with Gasteiger partial charge >= 0.3 is 0 Å². The number of nitrogens with one attached hydrogen (secondary N) is 3. The van der Waals surface area contributed by atoms with E-state index in [0.29, 0.717) is 30.0 Å². The van der Waals surface area contributed by atoms with Gasteiger partial charge in [-0.3, -0.25) is 19.6 Å². The summed E-state index contributed by atoms with van der Waals surface area (Å²) < 4.78 is 0. The number of carbonyl (C=O) groups is 3. The fourth-order valence-electron chi connectivity index (χ4n) is 1.79. The number of carbonyl (C=O) groups excluding carboxylic acids is 3. The Labute approximate surface area is 139 Å². The van der Waals surface area contributed by atoms with Crippen LogP contribution in [0.3, 0.4) is 0 Å². The van der Waals surface area contributed by atoms with Gasteiger partial charge in [0.15, 0.2) is 0 Å². The summed E-state index contributed by atoms with van der Waals surface area (Å²) in [6.07, 6.45) is 1.79. The van der Waals surface area contributed by atoms with E-state index in [0.717, 1.165) is 0 Å².